The standard InChI is InChI=1S/C51H51BN2O/c1-49(2,3)32-17-22-35(23-18-32)53-42-29-21-34(51(7,8)9)30-41(42)52-40-28-27-39-38-26-16-31-12-10-13-37(31)47(38)55-48(39)46(40)54(44-15-11-14-43(53)45(44)52)36-24-19-33(20-25-36)50(4,5)6/h11,14-30H,10,12-13H2,1-9H3. The molecule has 274 valence electrons. The average Bonchev–Trinajstić information content (AvgIpc) is 3.79. The van der Waals surface area contributed by atoms with E-state index in [1.54, 1.807) is 0 Å². The van der Waals surface area contributed by atoms with E-state index < -0.39 is 0 Å². The van der Waals surface area contributed by atoms with Crippen LogP contribution in [0.5, 0.6) is 0 Å². The van der Waals surface area contributed by atoms with Gasteiger partial charge in [0, 0.05) is 39.2 Å². The normalized spacial score (nSPS) is 15.0. The highest BCUT2D eigenvalue weighted by Crippen LogP contribution is 2.48. The zero-order valence-electron chi connectivity index (χ0n) is 33.9. The SMILES string of the molecule is CC(C)(C)c1ccc(N2c3ccc(C(C)(C)C)cc3B3c4ccc5c(oc6c7c(ccc65)CCC7)c4N(c4ccc(C(C)(C)C)cc4)c4cccc2c43)cc1. The molecule has 0 N–H and O–H groups in total. The first-order valence-corrected chi connectivity index (χ1v) is 20.3. The van der Waals surface area contributed by atoms with Crippen LogP contribution in [0.2, 0.25) is 0 Å². The van der Waals surface area contributed by atoms with Crippen LogP contribution in [0, 0.1) is 0 Å². The number of anilines is 6. The Morgan fingerprint density at radius 1 is 0.509 bits per heavy atom. The molecule has 0 saturated heterocycles. The molecule has 0 atom stereocenters. The van der Waals surface area contributed by atoms with Crippen LogP contribution in [-0.2, 0) is 29.1 Å². The first-order valence-electron chi connectivity index (χ1n) is 20.3. The van der Waals surface area contributed by atoms with Crippen LogP contribution in [0.1, 0.15) is 96.6 Å². The van der Waals surface area contributed by atoms with E-state index in [0.29, 0.717) is 0 Å². The van der Waals surface area contributed by atoms with E-state index >= 15 is 0 Å². The molecule has 4 heteroatoms. The minimum Gasteiger partial charge on any atom is -0.454 e. The Morgan fingerprint density at radius 2 is 1.07 bits per heavy atom. The van der Waals surface area contributed by atoms with Crippen molar-refractivity contribution in [3.05, 3.63) is 137 Å². The zero-order chi connectivity index (χ0) is 38.2. The van der Waals surface area contributed by atoms with Crippen LogP contribution in [-0.4, -0.2) is 6.71 Å². The van der Waals surface area contributed by atoms with Gasteiger partial charge in [-0.2, -0.15) is 0 Å². The van der Waals surface area contributed by atoms with E-state index in [1.165, 1.54) is 84.1 Å². The molecule has 1 aromatic heterocycles. The fourth-order valence-electron chi connectivity index (χ4n) is 9.61. The summed E-state index contributed by atoms with van der Waals surface area (Å²) in [7, 11) is 0. The summed E-state index contributed by atoms with van der Waals surface area (Å²) in [6.45, 7) is 20.7. The maximum atomic E-state index is 7.22. The quantitative estimate of drug-likeness (QED) is 0.166. The molecule has 0 bridgehead atoms. The number of nitrogens with zero attached hydrogens (tertiary/aromatic N) is 2. The Kier molecular flexibility index (Phi) is 7.26. The van der Waals surface area contributed by atoms with E-state index in [0.717, 1.165) is 35.4 Å². The summed E-state index contributed by atoms with van der Waals surface area (Å²) in [5.74, 6) is 0. The summed E-state index contributed by atoms with van der Waals surface area (Å²) in [6, 6.07) is 42.1. The minimum atomic E-state index is -0.00455. The van der Waals surface area contributed by atoms with Crippen LogP contribution < -0.4 is 26.2 Å². The molecule has 0 fully saturated rings. The third-order valence-electron chi connectivity index (χ3n) is 12.7. The van der Waals surface area contributed by atoms with Gasteiger partial charge in [0.25, 0.3) is 6.71 Å². The van der Waals surface area contributed by atoms with Crippen LogP contribution >= 0.6 is 0 Å². The van der Waals surface area contributed by atoms with Gasteiger partial charge in [0.1, 0.15) is 5.58 Å². The van der Waals surface area contributed by atoms with Crippen LogP contribution in [0.3, 0.4) is 0 Å². The summed E-state index contributed by atoms with van der Waals surface area (Å²) in [5, 5.41) is 2.42. The lowest BCUT2D eigenvalue weighted by molar-refractivity contribution is 0.590. The second kappa shape index (κ2) is 11.6. The lowest BCUT2D eigenvalue weighted by Crippen LogP contribution is -2.61. The van der Waals surface area contributed by atoms with Crippen molar-refractivity contribution in [2.75, 3.05) is 9.80 Å². The monoisotopic (exact) mass is 718 g/mol. The molecule has 3 nitrogen and oxygen atoms in total. The Bertz CT molecular complexity index is 2680. The third kappa shape index (κ3) is 5.17. The second-order valence-corrected chi connectivity index (χ2v) is 19.3. The van der Waals surface area contributed by atoms with Crippen molar-refractivity contribution in [1.82, 2.24) is 0 Å². The van der Waals surface area contributed by atoms with Gasteiger partial charge in [0.05, 0.1) is 5.69 Å². The van der Waals surface area contributed by atoms with Gasteiger partial charge in [-0.05, 0) is 122 Å². The molecule has 10 rings (SSSR count). The molecular weight excluding hydrogens is 667 g/mol. The van der Waals surface area contributed by atoms with Crippen molar-refractivity contribution < 1.29 is 4.42 Å². The topological polar surface area (TPSA) is 19.6 Å². The van der Waals surface area contributed by atoms with Gasteiger partial charge in [-0.25, -0.2) is 0 Å². The van der Waals surface area contributed by atoms with Crippen molar-refractivity contribution in [1.29, 1.82) is 0 Å². The second-order valence-electron chi connectivity index (χ2n) is 19.3. The first kappa shape index (κ1) is 34.3. The van der Waals surface area contributed by atoms with Crippen molar-refractivity contribution in [3.8, 4) is 0 Å². The number of rotatable bonds is 2. The largest absolute Gasteiger partial charge is 0.454 e. The lowest BCUT2D eigenvalue weighted by Gasteiger charge is -2.44. The van der Waals surface area contributed by atoms with Gasteiger partial charge >= 0.3 is 0 Å². The van der Waals surface area contributed by atoms with Crippen LogP contribution in [0.25, 0.3) is 21.9 Å². The number of benzene rings is 6. The molecule has 3 heterocycles. The molecule has 1 aliphatic carbocycles. The molecule has 55 heavy (non-hydrogen) atoms. The van der Waals surface area contributed by atoms with Gasteiger partial charge in [-0.3, -0.25) is 0 Å². The van der Waals surface area contributed by atoms with Gasteiger partial charge < -0.3 is 14.2 Å². The molecule has 2 aliphatic heterocycles. The Labute approximate surface area is 327 Å². The summed E-state index contributed by atoms with van der Waals surface area (Å²) in [4.78, 5) is 5.03. The van der Waals surface area contributed by atoms with E-state index in [2.05, 4.69) is 181 Å². The van der Waals surface area contributed by atoms with Gasteiger partial charge in [0.2, 0.25) is 0 Å². The predicted molar refractivity (Wildman–Crippen MR) is 236 cm³/mol. The minimum absolute atomic E-state index is 0.00455. The maximum Gasteiger partial charge on any atom is 0.252 e. The third-order valence-corrected chi connectivity index (χ3v) is 12.7. The van der Waals surface area contributed by atoms with E-state index in [-0.39, 0.29) is 23.0 Å². The summed E-state index contributed by atoms with van der Waals surface area (Å²) >= 11 is 0. The Hall–Kier alpha value is -5.22. The molecule has 0 radical (unpaired) electrons. The van der Waals surface area contributed by atoms with E-state index in [9.17, 15) is 0 Å². The van der Waals surface area contributed by atoms with Gasteiger partial charge in [-0.15, -0.1) is 0 Å². The van der Waals surface area contributed by atoms with Crippen molar-refractivity contribution in [2.45, 2.75) is 97.8 Å². The molecule has 6 aromatic carbocycles. The number of fused-ring (bicyclic) bond motifs is 10. The predicted octanol–water partition coefficient (Wildman–Crippen LogP) is 12.0. The Balaban J connectivity index is 1.29. The van der Waals surface area contributed by atoms with Crippen molar-refractivity contribution in [3.63, 3.8) is 0 Å². The molecule has 0 saturated carbocycles. The van der Waals surface area contributed by atoms with Gasteiger partial charge in [0.15, 0.2) is 5.58 Å². The highest BCUT2D eigenvalue weighted by molar-refractivity contribution is 7.00. The summed E-state index contributed by atoms with van der Waals surface area (Å²) in [6.07, 6.45) is 3.40. The fourth-order valence-corrected chi connectivity index (χ4v) is 9.61. The number of hydrogen-bond donors (Lipinski definition) is 0. The molecule has 3 aliphatic rings. The van der Waals surface area contributed by atoms with E-state index in [4.69, 9.17) is 4.42 Å². The first-order chi connectivity index (χ1) is 26.2. The lowest BCUT2D eigenvalue weighted by atomic mass is 9.33. The van der Waals surface area contributed by atoms with Crippen molar-refractivity contribution in [2.24, 2.45) is 0 Å². The average molecular weight is 719 g/mol. The fraction of sp³-hybridized carbons (Fsp3) is 0.294. The highest BCUT2D eigenvalue weighted by Gasteiger charge is 2.45. The summed E-state index contributed by atoms with van der Waals surface area (Å²) < 4.78 is 7.22. The van der Waals surface area contributed by atoms with Crippen molar-refractivity contribution >= 4 is 79.2 Å². The van der Waals surface area contributed by atoms with Gasteiger partial charge in [-0.1, -0.05) is 129 Å². The Morgan fingerprint density at radius 3 is 1.71 bits per heavy atom. The number of aryl methyl sites for hydroxylation is 2. The number of furan rings is 1. The molecule has 7 aromatic rings. The molecule has 0 amide bonds. The smallest absolute Gasteiger partial charge is 0.252 e. The molecule has 0 spiro atoms. The molecule has 0 unspecified atom stereocenters. The highest BCUT2D eigenvalue weighted by atomic mass is 16.3. The zero-order valence-corrected chi connectivity index (χ0v) is 33.9. The molecular formula is C51H51BN2O. The van der Waals surface area contributed by atoms with Crippen LogP contribution in [0.15, 0.2) is 114 Å². The maximum absolute atomic E-state index is 7.22. The number of hydrogen-bond acceptors (Lipinski definition) is 3. The summed E-state index contributed by atoms with van der Waals surface area (Å²) in [5.41, 5.74) is 20.2. The van der Waals surface area contributed by atoms with Crippen LogP contribution in [0.4, 0.5) is 34.1 Å². The van der Waals surface area contributed by atoms with E-state index in [1.807, 2.05) is 0 Å².